The van der Waals surface area contributed by atoms with Crippen molar-refractivity contribution in [1.29, 1.82) is 0 Å². The molecule has 0 saturated heterocycles. The average Bonchev–Trinajstić information content (AvgIpc) is 2.48. The first-order chi connectivity index (χ1) is 10.0. The van der Waals surface area contributed by atoms with Crippen molar-refractivity contribution < 1.29 is 14.4 Å². The van der Waals surface area contributed by atoms with Gasteiger partial charge in [-0.2, -0.15) is 0 Å². The zero-order chi connectivity index (χ0) is 15.4. The molecule has 7 heteroatoms. The lowest BCUT2D eigenvalue weighted by Crippen LogP contribution is -2.06. The van der Waals surface area contributed by atoms with Gasteiger partial charge in [0.25, 0.3) is 0 Å². The van der Waals surface area contributed by atoms with Crippen molar-refractivity contribution in [2.24, 2.45) is 5.73 Å². The molecule has 0 unspecified atom stereocenters. The molecule has 0 fully saturated rings. The number of methoxy groups -OCH3 is 1. The number of rotatable bonds is 5. The number of nitrogens with zero attached hydrogens (tertiary/aromatic N) is 2. The van der Waals surface area contributed by atoms with Gasteiger partial charge in [0.15, 0.2) is 0 Å². The van der Waals surface area contributed by atoms with Gasteiger partial charge in [-0.1, -0.05) is 0 Å². The highest BCUT2D eigenvalue weighted by Crippen LogP contribution is 2.34. The van der Waals surface area contributed by atoms with Crippen LogP contribution in [0.4, 0.5) is 5.69 Å². The summed E-state index contributed by atoms with van der Waals surface area (Å²) in [4.78, 5) is 14.7. The van der Waals surface area contributed by atoms with E-state index in [1.807, 2.05) is 6.92 Å². The summed E-state index contributed by atoms with van der Waals surface area (Å²) in [6, 6.07) is 7.57. The van der Waals surface area contributed by atoms with E-state index >= 15 is 0 Å². The van der Waals surface area contributed by atoms with Gasteiger partial charge in [0, 0.05) is 6.04 Å². The predicted molar refractivity (Wildman–Crippen MR) is 76.6 cm³/mol. The van der Waals surface area contributed by atoms with Crippen molar-refractivity contribution in [3.8, 4) is 17.2 Å². The van der Waals surface area contributed by atoms with Crippen LogP contribution >= 0.6 is 0 Å². The maximum Gasteiger partial charge on any atom is 0.315 e. The van der Waals surface area contributed by atoms with Crippen LogP contribution in [0.2, 0.25) is 0 Å². The molecule has 0 spiro atoms. The molecule has 0 amide bonds. The summed E-state index contributed by atoms with van der Waals surface area (Å²) in [5, 5.41) is 11.1. The van der Waals surface area contributed by atoms with Gasteiger partial charge in [0.05, 0.1) is 30.0 Å². The molecule has 7 nitrogen and oxygen atoms in total. The standard InChI is InChI=1S/C14H15N3O4/c1-9(15)12-5-3-11(8-16-12)21-14-6-4-10(20-2)7-13(14)17(18)19/h3-9H,15H2,1-2H3/t9-/m1/s1. The van der Waals surface area contributed by atoms with E-state index in [9.17, 15) is 10.1 Å². The van der Waals surface area contributed by atoms with E-state index in [0.717, 1.165) is 0 Å². The Morgan fingerprint density at radius 1 is 1.29 bits per heavy atom. The molecule has 110 valence electrons. The van der Waals surface area contributed by atoms with E-state index in [-0.39, 0.29) is 17.5 Å². The van der Waals surface area contributed by atoms with E-state index in [1.165, 1.54) is 25.4 Å². The minimum absolute atomic E-state index is 0.121. The Kier molecular flexibility index (Phi) is 4.34. The van der Waals surface area contributed by atoms with Crippen LogP contribution in [-0.2, 0) is 0 Å². The molecule has 1 aromatic heterocycles. The van der Waals surface area contributed by atoms with Gasteiger partial charge in [-0.15, -0.1) is 0 Å². The fraction of sp³-hybridized carbons (Fsp3) is 0.214. The molecular weight excluding hydrogens is 274 g/mol. The molecule has 0 aliphatic carbocycles. The zero-order valence-corrected chi connectivity index (χ0v) is 11.6. The van der Waals surface area contributed by atoms with Crippen LogP contribution in [0.1, 0.15) is 18.7 Å². The summed E-state index contributed by atoms with van der Waals surface area (Å²) in [5.74, 6) is 0.906. The maximum absolute atomic E-state index is 11.1. The van der Waals surface area contributed by atoms with Crippen molar-refractivity contribution in [3.63, 3.8) is 0 Å². The van der Waals surface area contributed by atoms with Crippen molar-refractivity contribution in [3.05, 3.63) is 52.3 Å². The number of hydrogen-bond donors (Lipinski definition) is 1. The molecule has 1 heterocycles. The summed E-state index contributed by atoms with van der Waals surface area (Å²) in [5.41, 5.74) is 6.24. The number of nitro benzene ring substituents is 1. The van der Waals surface area contributed by atoms with Gasteiger partial charge < -0.3 is 15.2 Å². The Bertz CT molecular complexity index is 641. The first kappa shape index (κ1) is 14.7. The van der Waals surface area contributed by atoms with Crippen molar-refractivity contribution in [1.82, 2.24) is 4.98 Å². The van der Waals surface area contributed by atoms with E-state index < -0.39 is 4.92 Å². The van der Waals surface area contributed by atoms with Gasteiger partial charge in [-0.3, -0.25) is 15.1 Å². The molecule has 1 atom stereocenters. The van der Waals surface area contributed by atoms with Crippen LogP contribution in [0.25, 0.3) is 0 Å². The van der Waals surface area contributed by atoms with Crippen LogP contribution in [-0.4, -0.2) is 17.0 Å². The molecule has 2 aromatic rings. The molecule has 21 heavy (non-hydrogen) atoms. The summed E-state index contributed by atoms with van der Waals surface area (Å²) in [6.07, 6.45) is 1.48. The molecule has 1 aromatic carbocycles. The highest BCUT2D eigenvalue weighted by molar-refractivity contribution is 5.52. The van der Waals surface area contributed by atoms with Crippen molar-refractivity contribution in [2.75, 3.05) is 7.11 Å². The summed E-state index contributed by atoms with van der Waals surface area (Å²) >= 11 is 0. The van der Waals surface area contributed by atoms with E-state index in [2.05, 4.69) is 4.98 Å². The smallest absolute Gasteiger partial charge is 0.315 e. The minimum Gasteiger partial charge on any atom is -0.496 e. The molecule has 0 radical (unpaired) electrons. The van der Waals surface area contributed by atoms with Gasteiger partial charge in [0.2, 0.25) is 5.75 Å². The average molecular weight is 289 g/mol. The molecule has 0 bridgehead atoms. The summed E-state index contributed by atoms with van der Waals surface area (Å²) in [7, 11) is 1.44. The molecular formula is C14H15N3O4. The molecule has 2 N–H and O–H groups in total. The van der Waals surface area contributed by atoms with Gasteiger partial charge >= 0.3 is 5.69 Å². The maximum atomic E-state index is 11.1. The second-order valence-electron chi connectivity index (χ2n) is 4.40. The number of aromatic nitrogens is 1. The Morgan fingerprint density at radius 2 is 2.00 bits per heavy atom. The van der Waals surface area contributed by atoms with Gasteiger partial charge in [-0.25, -0.2) is 0 Å². The molecule has 0 saturated carbocycles. The zero-order valence-electron chi connectivity index (χ0n) is 11.6. The Labute approximate surface area is 121 Å². The topological polar surface area (TPSA) is 101 Å². The fourth-order valence-corrected chi connectivity index (χ4v) is 1.70. The number of hydrogen-bond acceptors (Lipinski definition) is 6. The number of pyridine rings is 1. The molecule has 2 rings (SSSR count). The first-order valence-corrected chi connectivity index (χ1v) is 6.23. The lowest BCUT2D eigenvalue weighted by molar-refractivity contribution is -0.385. The SMILES string of the molecule is COc1ccc(Oc2ccc([C@@H](C)N)nc2)c([N+](=O)[O-])c1. The lowest BCUT2D eigenvalue weighted by atomic mass is 10.2. The number of nitro groups is 1. The van der Waals surface area contributed by atoms with Crippen molar-refractivity contribution >= 4 is 5.69 Å². The largest absolute Gasteiger partial charge is 0.496 e. The first-order valence-electron chi connectivity index (χ1n) is 6.23. The third-order valence-electron chi connectivity index (χ3n) is 2.82. The van der Waals surface area contributed by atoms with E-state index in [0.29, 0.717) is 17.2 Å². The lowest BCUT2D eigenvalue weighted by Gasteiger charge is -2.09. The second kappa shape index (κ2) is 6.19. The van der Waals surface area contributed by atoms with E-state index in [1.54, 1.807) is 18.2 Å². The molecule has 0 aliphatic rings. The van der Waals surface area contributed by atoms with Crippen LogP contribution in [0.3, 0.4) is 0 Å². The number of nitrogens with two attached hydrogens (primary N) is 1. The third kappa shape index (κ3) is 3.46. The predicted octanol–water partition coefficient (Wildman–Crippen LogP) is 2.81. The van der Waals surface area contributed by atoms with Crippen LogP contribution < -0.4 is 15.2 Å². The Hall–Kier alpha value is -2.67. The summed E-state index contributed by atoms with van der Waals surface area (Å²) < 4.78 is 10.5. The second-order valence-corrected chi connectivity index (χ2v) is 4.40. The Balaban J connectivity index is 2.28. The highest BCUT2D eigenvalue weighted by Gasteiger charge is 2.17. The van der Waals surface area contributed by atoms with Crippen LogP contribution in [0.5, 0.6) is 17.2 Å². The minimum atomic E-state index is -0.526. The van der Waals surface area contributed by atoms with Gasteiger partial charge in [0.1, 0.15) is 11.5 Å². The fourth-order valence-electron chi connectivity index (χ4n) is 1.70. The quantitative estimate of drug-likeness (QED) is 0.671. The number of ether oxygens (including phenoxy) is 2. The Morgan fingerprint density at radius 3 is 2.52 bits per heavy atom. The van der Waals surface area contributed by atoms with Crippen molar-refractivity contribution in [2.45, 2.75) is 13.0 Å². The monoisotopic (exact) mass is 289 g/mol. The number of benzene rings is 1. The van der Waals surface area contributed by atoms with Crippen LogP contribution in [0.15, 0.2) is 36.5 Å². The third-order valence-corrected chi connectivity index (χ3v) is 2.82. The van der Waals surface area contributed by atoms with Gasteiger partial charge in [-0.05, 0) is 31.2 Å². The van der Waals surface area contributed by atoms with E-state index in [4.69, 9.17) is 15.2 Å². The highest BCUT2D eigenvalue weighted by atomic mass is 16.6. The van der Waals surface area contributed by atoms with Crippen LogP contribution in [0, 0.1) is 10.1 Å². The normalized spacial score (nSPS) is 11.8. The summed E-state index contributed by atoms with van der Waals surface area (Å²) in [6.45, 7) is 1.82. The molecule has 0 aliphatic heterocycles.